The molecular formula is C14H23N3O. The molecule has 1 aliphatic rings. The number of nitrogens with zero attached hydrogens (tertiary/aromatic N) is 2. The van der Waals surface area contributed by atoms with E-state index in [-0.39, 0.29) is 0 Å². The molecule has 0 spiro atoms. The predicted molar refractivity (Wildman–Crippen MR) is 74.0 cm³/mol. The fourth-order valence-corrected chi connectivity index (χ4v) is 2.36. The van der Waals surface area contributed by atoms with Crippen molar-refractivity contribution >= 4 is 5.82 Å². The molecule has 0 bridgehead atoms. The highest BCUT2D eigenvalue weighted by molar-refractivity contribution is 5.42. The molecule has 18 heavy (non-hydrogen) atoms. The second kappa shape index (κ2) is 6.16. The molecule has 1 fully saturated rings. The van der Waals surface area contributed by atoms with Crippen molar-refractivity contribution in [1.82, 2.24) is 10.3 Å². The van der Waals surface area contributed by atoms with Crippen molar-refractivity contribution in [3.8, 4) is 0 Å². The molecule has 2 heterocycles. The van der Waals surface area contributed by atoms with Crippen molar-refractivity contribution in [2.24, 2.45) is 0 Å². The largest absolute Gasteiger partial charge is 0.381 e. The van der Waals surface area contributed by atoms with Crippen LogP contribution in [0.15, 0.2) is 18.3 Å². The van der Waals surface area contributed by atoms with E-state index >= 15 is 0 Å². The van der Waals surface area contributed by atoms with E-state index in [9.17, 15) is 0 Å². The zero-order chi connectivity index (χ0) is 13.0. The summed E-state index contributed by atoms with van der Waals surface area (Å²) in [7, 11) is 3.78. The molecule has 0 radical (unpaired) electrons. The lowest BCUT2D eigenvalue weighted by Crippen LogP contribution is -2.37. The Morgan fingerprint density at radius 2 is 2.17 bits per heavy atom. The SMILES string of the molecule is CNC(C)c1ccnc(N2CCC(OC)CC2)c1. The molecule has 1 aliphatic heterocycles. The van der Waals surface area contributed by atoms with Crippen LogP contribution in [0.25, 0.3) is 0 Å². The molecule has 0 saturated carbocycles. The Kier molecular flexibility index (Phi) is 4.55. The summed E-state index contributed by atoms with van der Waals surface area (Å²) in [4.78, 5) is 6.84. The van der Waals surface area contributed by atoms with E-state index in [1.807, 2.05) is 13.2 Å². The van der Waals surface area contributed by atoms with Crippen molar-refractivity contribution in [3.63, 3.8) is 0 Å². The minimum Gasteiger partial charge on any atom is -0.381 e. The first kappa shape index (κ1) is 13.3. The minimum atomic E-state index is 0.364. The van der Waals surface area contributed by atoms with E-state index in [0.717, 1.165) is 31.7 Å². The topological polar surface area (TPSA) is 37.4 Å². The third-order valence-corrected chi connectivity index (χ3v) is 3.80. The van der Waals surface area contributed by atoms with E-state index < -0.39 is 0 Å². The second-order valence-corrected chi connectivity index (χ2v) is 4.88. The highest BCUT2D eigenvalue weighted by atomic mass is 16.5. The maximum absolute atomic E-state index is 5.40. The normalized spacial score (nSPS) is 18.9. The van der Waals surface area contributed by atoms with Gasteiger partial charge in [-0.1, -0.05) is 0 Å². The van der Waals surface area contributed by atoms with Crippen molar-refractivity contribution in [2.75, 3.05) is 32.1 Å². The average Bonchev–Trinajstić information content (AvgIpc) is 2.46. The van der Waals surface area contributed by atoms with Crippen LogP contribution >= 0.6 is 0 Å². The van der Waals surface area contributed by atoms with Gasteiger partial charge in [0.2, 0.25) is 0 Å². The number of rotatable bonds is 4. The number of methoxy groups -OCH3 is 1. The number of hydrogen-bond acceptors (Lipinski definition) is 4. The Labute approximate surface area is 109 Å². The number of pyridine rings is 1. The lowest BCUT2D eigenvalue weighted by molar-refractivity contribution is 0.0818. The first-order valence-corrected chi connectivity index (χ1v) is 6.65. The lowest BCUT2D eigenvalue weighted by atomic mass is 10.1. The summed E-state index contributed by atoms with van der Waals surface area (Å²) in [6.45, 7) is 4.22. The Morgan fingerprint density at radius 1 is 1.44 bits per heavy atom. The predicted octanol–water partition coefficient (Wildman–Crippen LogP) is 1.98. The summed E-state index contributed by atoms with van der Waals surface area (Å²) in [5, 5.41) is 3.26. The van der Waals surface area contributed by atoms with Crippen LogP contribution in [0.3, 0.4) is 0 Å². The van der Waals surface area contributed by atoms with Crippen molar-refractivity contribution in [1.29, 1.82) is 0 Å². The van der Waals surface area contributed by atoms with Gasteiger partial charge in [-0.3, -0.25) is 0 Å². The molecule has 1 saturated heterocycles. The zero-order valence-corrected chi connectivity index (χ0v) is 11.5. The van der Waals surface area contributed by atoms with E-state index in [1.165, 1.54) is 5.56 Å². The second-order valence-electron chi connectivity index (χ2n) is 4.88. The maximum atomic E-state index is 5.40. The summed E-state index contributed by atoms with van der Waals surface area (Å²) in [6.07, 6.45) is 4.50. The Balaban J connectivity index is 2.05. The number of hydrogen-bond donors (Lipinski definition) is 1. The van der Waals surface area contributed by atoms with Crippen LogP contribution in [0.1, 0.15) is 31.4 Å². The Morgan fingerprint density at radius 3 is 2.78 bits per heavy atom. The van der Waals surface area contributed by atoms with E-state index in [0.29, 0.717) is 12.1 Å². The van der Waals surface area contributed by atoms with Gasteiger partial charge in [-0.15, -0.1) is 0 Å². The molecule has 1 unspecified atom stereocenters. The van der Waals surface area contributed by atoms with Crippen LogP contribution in [0.2, 0.25) is 0 Å². The van der Waals surface area contributed by atoms with E-state index in [1.54, 1.807) is 7.11 Å². The fraction of sp³-hybridized carbons (Fsp3) is 0.643. The molecule has 0 aliphatic carbocycles. The van der Waals surface area contributed by atoms with E-state index in [4.69, 9.17) is 4.74 Å². The van der Waals surface area contributed by atoms with Gasteiger partial charge in [0, 0.05) is 32.4 Å². The molecule has 1 aromatic rings. The molecule has 0 amide bonds. The van der Waals surface area contributed by atoms with Gasteiger partial charge in [0.15, 0.2) is 0 Å². The zero-order valence-electron chi connectivity index (χ0n) is 11.5. The summed E-state index contributed by atoms with van der Waals surface area (Å²) in [5.41, 5.74) is 1.29. The number of ether oxygens (including phenoxy) is 1. The number of nitrogens with one attached hydrogen (secondary N) is 1. The van der Waals surface area contributed by atoms with Gasteiger partial charge in [0.05, 0.1) is 6.10 Å². The molecule has 1 N–H and O–H groups in total. The van der Waals surface area contributed by atoms with Gasteiger partial charge in [0.1, 0.15) is 5.82 Å². The van der Waals surface area contributed by atoms with Gasteiger partial charge in [-0.2, -0.15) is 0 Å². The van der Waals surface area contributed by atoms with Crippen LogP contribution in [0, 0.1) is 0 Å². The molecule has 2 rings (SSSR count). The van der Waals surface area contributed by atoms with Gasteiger partial charge in [-0.25, -0.2) is 4.98 Å². The number of aromatic nitrogens is 1. The van der Waals surface area contributed by atoms with Crippen LogP contribution in [0.5, 0.6) is 0 Å². The molecule has 4 nitrogen and oxygen atoms in total. The first-order chi connectivity index (χ1) is 8.74. The van der Waals surface area contributed by atoms with Crippen molar-refractivity contribution in [2.45, 2.75) is 31.9 Å². The van der Waals surface area contributed by atoms with Gasteiger partial charge < -0.3 is 15.0 Å². The molecule has 100 valence electrons. The summed E-state index contributed by atoms with van der Waals surface area (Å²) < 4.78 is 5.40. The van der Waals surface area contributed by atoms with Crippen molar-refractivity contribution < 1.29 is 4.74 Å². The van der Waals surface area contributed by atoms with Crippen LogP contribution in [0.4, 0.5) is 5.82 Å². The van der Waals surface area contributed by atoms with Crippen molar-refractivity contribution in [3.05, 3.63) is 23.9 Å². The Hall–Kier alpha value is -1.13. The summed E-state index contributed by atoms with van der Waals surface area (Å²) >= 11 is 0. The van der Waals surface area contributed by atoms with E-state index in [2.05, 4.69) is 34.3 Å². The third-order valence-electron chi connectivity index (χ3n) is 3.80. The lowest BCUT2D eigenvalue weighted by Gasteiger charge is -2.32. The minimum absolute atomic E-state index is 0.364. The molecule has 4 heteroatoms. The first-order valence-electron chi connectivity index (χ1n) is 6.65. The molecular weight excluding hydrogens is 226 g/mol. The highest BCUT2D eigenvalue weighted by Crippen LogP contribution is 2.22. The Bertz CT molecular complexity index is 375. The highest BCUT2D eigenvalue weighted by Gasteiger charge is 2.20. The standard InChI is InChI=1S/C14H23N3O/c1-11(15-2)12-4-7-16-14(10-12)17-8-5-13(18-3)6-9-17/h4,7,10-11,13,15H,5-6,8-9H2,1-3H3. The van der Waals surface area contributed by atoms with Gasteiger partial charge in [-0.05, 0) is 44.5 Å². The van der Waals surface area contributed by atoms with Crippen LogP contribution in [-0.2, 0) is 4.74 Å². The number of anilines is 1. The molecule has 1 aromatic heterocycles. The van der Waals surface area contributed by atoms with Crippen LogP contribution in [-0.4, -0.2) is 38.3 Å². The molecule has 1 atom stereocenters. The van der Waals surface area contributed by atoms with Crippen LogP contribution < -0.4 is 10.2 Å². The smallest absolute Gasteiger partial charge is 0.128 e. The quantitative estimate of drug-likeness (QED) is 0.885. The summed E-state index contributed by atoms with van der Waals surface area (Å²) in [6, 6.07) is 4.63. The average molecular weight is 249 g/mol. The monoisotopic (exact) mass is 249 g/mol. The summed E-state index contributed by atoms with van der Waals surface area (Å²) in [5.74, 6) is 1.09. The van der Waals surface area contributed by atoms with Gasteiger partial charge >= 0.3 is 0 Å². The third kappa shape index (κ3) is 3.00. The fourth-order valence-electron chi connectivity index (χ4n) is 2.36. The molecule has 0 aromatic carbocycles. The number of piperidine rings is 1. The van der Waals surface area contributed by atoms with Gasteiger partial charge in [0.25, 0.3) is 0 Å². The maximum Gasteiger partial charge on any atom is 0.128 e.